The highest BCUT2D eigenvalue weighted by molar-refractivity contribution is 7.13. The molecule has 2 fully saturated rings. The average molecular weight is 294 g/mol. The number of azide groups is 1. The molecular weight excluding hydrogens is 279 g/mol. The maximum absolute atomic E-state index is 15.0. The summed E-state index contributed by atoms with van der Waals surface area (Å²) < 4.78 is 15.0. The van der Waals surface area contributed by atoms with Gasteiger partial charge >= 0.3 is 0 Å². The number of thiophene rings is 1. The molecule has 1 amide bonds. The normalized spacial score (nSPS) is 32.0. The number of hydrogen-bond donors (Lipinski definition) is 0. The molecule has 1 saturated heterocycles. The molecule has 3 atom stereocenters. The Balaban J connectivity index is 1.80. The molecule has 0 unspecified atom stereocenters. The zero-order valence-electron chi connectivity index (χ0n) is 11.1. The molecule has 106 valence electrons. The molecule has 1 aromatic rings. The predicted octanol–water partition coefficient (Wildman–Crippen LogP) is 3.31. The smallest absolute Gasteiger partial charge is 0.264 e. The number of aryl methyl sites for hydroxylation is 1. The molecule has 0 aromatic carbocycles. The van der Waals surface area contributed by atoms with E-state index in [0.29, 0.717) is 24.3 Å². The summed E-state index contributed by atoms with van der Waals surface area (Å²) in [6.07, 6.45) is 1.25. The van der Waals surface area contributed by atoms with Crippen molar-refractivity contribution in [2.45, 2.75) is 31.5 Å². The third-order valence-electron chi connectivity index (χ3n) is 4.32. The lowest BCUT2D eigenvalue weighted by Crippen LogP contribution is -2.40. The van der Waals surface area contributed by atoms with E-state index in [9.17, 15) is 4.79 Å². The van der Waals surface area contributed by atoms with Crippen molar-refractivity contribution >= 4 is 17.2 Å². The van der Waals surface area contributed by atoms with Gasteiger partial charge in [-0.05, 0) is 37.4 Å². The summed E-state index contributed by atoms with van der Waals surface area (Å²) in [5.74, 6) is -0.322. The maximum atomic E-state index is 15.0. The van der Waals surface area contributed by atoms with Gasteiger partial charge in [0.1, 0.15) is 5.67 Å². The number of hydrogen-bond acceptors (Lipinski definition) is 3. The second kappa shape index (κ2) is 4.75. The minimum absolute atomic E-state index is 0.0388. The van der Waals surface area contributed by atoms with Crippen LogP contribution in [0.5, 0.6) is 0 Å². The molecule has 1 saturated carbocycles. The number of alkyl halides is 1. The first-order valence-electron chi connectivity index (χ1n) is 6.63. The minimum Gasteiger partial charge on any atom is -0.334 e. The Morgan fingerprint density at radius 1 is 1.60 bits per heavy atom. The molecule has 1 aromatic heterocycles. The fourth-order valence-corrected chi connectivity index (χ4v) is 4.12. The van der Waals surface area contributed by atoms with E-state index in [4.69, 9.17) is 5.53 Å². The van der Waals surface area contributed by atoms with Crippen molar-refractivity contribution in [1.82, 2.24) is 4.90 Å². The molecule has 20 heavy (non-hydrogen) atoms. The Kier molecular flexibility index (Phi) is 3.18. The lowest BCUT2D eigenvalue weighted by molar-refractivity contribution is 0.0739. The summed E-state index contributed by atoms with van der Waals surface area (Å²) in [6, 6.07) is 3.04. The summed E-state index contributed by atoms with van der Waals surface area (Å²) in [5.41, 5.74) is 6.98. The average Bonchev–Trinajstić information content (AvgIpc) is 3.05. The number of likely N-dealkylation sites (tertiary alicyclic amines) is 1. The molecular formula is C13H15FN4OS. The van der Waals surface area contributed by atoms with Crippen molar-refractivity contribution in [1.29, 1.82) is 0 Å². The molecule has 7 heteroatoms. The first-order chi connectivity index (χ1) is 9.54. The summed E-state index contributed by atoms with van der Waals surface area (Å²) in [7, 11) is 0. The van der Waals surface area contributed by atoms with Crippen LogP contribution in [0, 0.1) is 12.8 Å². The summed E-state index contributed by atoms with van der Waals surface area (Å²) in [5, 5.41) is 3.58. The van der Waals surface area contributed by atoms with Gasteiger partial charge in [-0.2, -0.15) is 0 Å². The van der Waals surface area contributed by atoms with Crippen LogP contribution >= 0.6 is 11.3 Å². The molecule has 3 rings (SSSR count). The zero-order valence-corrected chi connectivity index (χ0v) is 11.9. The molecule has 2 aliphatic rings. The van der Waals surface area contributed by atoms with Crippen molar-refractivity contribution in [2.24, 2.45) is 11.0 Å². The van der Waals surface area contributed by atoms with Gasteiger partial charge in [0.2, 0.25) is 0 Å². The quantitative estimate of drug-likeness (QED) is 0.468. The largest absolute Gasteiger partial charge is 0.334 e. The summed E-state index contributed by atoms with van der Waals surface area (Å²) >= 11 is 1.43. The number of rotatable bonds is 2. The van der Waals surface area contributed by atoms with Gasteiger partial charge in [-0.1, -0.05) is 5.11 Å². The molecule has 0 N–H and O–H groups in total. The fourth-order valence-electron chi connectivity index (χ4n) is 3.29. The van der Waals surface area contributed by atoms with Crippen LogP contribution in [0.3, 0.4) is 0 Å². The highest BCUT2D eigenvalue weighted by Crippen LogP contribution is 2.46. The summed E-state index contributed by atoms with van der Waals surface area (Å²) in [4.78, 5) is 18.4. The highest BCUT2D eigenvalue weighted by atomic mass is 32.1. The third kappa shape index (κ3) is 1.98. The molecule has 5 nitrogen and oxygen atoms in total. The number of carbonyl (C=O) groups is 1. The molecule has 0 spiro atoms. The lowest BCUT2D eigenvalue weighted by atomic mass is 9.94. The fraction of sp³-hybridized carbons (Fsp3) is 0.615. The van der Waals surface area contributed by atoms with E-state index in [1.165, 1.54) is 11.3 Å². The molecule has 0 bridgehead atoms. The van der Waals surface area contributed by atoms with Gasteiger partial charge in [-0.25, -0.2) is 4.39 Å². The molecule has 2 heterocycles. The number of nitrogens with zero attached hydrogens (tertiary/aromatic N) is 4. The van der Waals surface area contributed by atoms with E-state index in [1.54, 1.807) is 11.0 Å². The van der Waals surface area contributed by atoms with E-state index in [-0.39, 0.29) is 18.4 Å². The van der Waals surface area contributed by atoms with Crippen molar-refractivity contribution in [3.05, 3.63) is 32.3 Å². The Bertz CT molecular complexity index is 597. The van der Waals surface area contributed by atoms with Gasteiger partial charge in [0, 0.05) is 22.3 Å². The van der Waals surface area contributed by atoms with Crippen LogP contribution in [0.1, 0.15) is 27.4 Å². The topological polar surface area (TPSA) is 69.1 Å². The van der Waals surface area contributed by atoms with Gasteiger partial charge in [-0.15, -0.1) is 11.3 Å². The van der Waals surface area contributed by atoms with Crippen molar-refractivity contribution in [2.75, 3.05) is 13.1 Å². The van der Waals surface area contributed by atoms with Gasteiger partial charge < -0.3 is 4.90 Å². The minimum atomic E-state index is -1.55. The lowest BCUT2D eigenvalue weighted by Gasteiger charge is -2.23. The monoisotopic (exact) mass is 294 g/mol. The van der Waals surface area contributed by atoms with Gasteiger partial charge in [0.25, 0.3) is 5.91 Å². The van der Waals surface area contributed by atoms with Crippen LogP contribution < -0.4 is 0 Å². The summed E-state index contributed by atoms with van der Waals surface area (Å²) in [6.45, 7) is 2.40. The molecule has 1 aliphatic heterocycles. The van der Waals surface area contributed by atoms with E-state index in [2.05, 4.69) is 10.0 Å². The first kappa shape index (κ1) is 13.4. The zero-order chi connectivity index (χ0) is 14.3. The van der Waals surface area contributed by atoms with E-state index in [0.717, 1.165) is 4.88 Å². The van der Waals surface area contributed by atoms with Crippen LogP contribution in [-0.4, -0.2) is 35.6 Å². The Morgan fingerprint density at radius 3 is 3.05 bits per heavy atom. The van der Waals surface area contributed by atoms with Crippen molar-refractivity contribution in [3.8, 4) is 0 Å². The van der Waals surface area contributed by atoms with Crippen LogP contribution in [0.2, 0.25) is 0 Å². The van der Waals surface area contributed by atoms with Crippen LogP contribution in [0.25, 0.3) is 10.4 Å². The maximum Gasteiger partial charge on any atom is 0.264 e. The first-order valence-corrected chi connectivity index (χ1v) is 7.45. The Hall–Kier alpha value is -1.59. The second-order valence-corrected chi connectivity index (χ2v) is 6.81. The van der Waals surface area contributed by atoms with Gasteiger partial charge in [0.15, 0.2) is 0 Å². The van der Waals surface area contributed by atoms with Gasteiger partial charge in [0.05, 0.1) is 17.5 Å². The Morgan fingerprint density at radius 2 is 2.40 bits per heavy atom. The number of fused-ring (bicyclic) bond motifs is 1. The third-order valence-corrected chi connectivity index (χ3v) is 5.31. The predicted molar refractivity (Wildman–Crippen MR) is 74.5 cm³/mol. The Labute approximate surface area is 120 Å². The van der Waals surface area contributed by atoms with E-state index < -0.39 is 11.7 Å². The van der Waals surface area contributed by atoms with Crippen LogP contribution in [-0.2, 0) is 0 Å². The number of carbonyl (C=O) groups excluding carboxylic acids is 1. The highest BCUT2D eigenvalue weighted by Gasteiger charge is 2.57. The van der Waals surface area contributed by atoms with Gasteiger partial charge in [-0.3, -0.25) is 4.79 Å². The van der Waals surface area contributed by atoms with Crippen LogP contribution in [0.15, 0.2) is 17.2 Å². The van der Waals surface area contributed by atoms with E-state index in [1.807, 2.05) is 13.0 Å². The molecule has 0 radical (unpaired) electrons. The van der Waals surface area contributed by atoms with Crippen LogP contribution in [0.4, 0.5) is 4.39 Å². The van der Waals surface area contributed by atoms with Crippen molar-refractivity contribution in [3.63, 3.8) is 0 Å². The standard InChI is InChI=1S/C13H15FN4OS/c1-8-2-4-10(20-8)12(19)18-6-9-3-5-11(16-17-15)13(9,14)7-18/h2,4,9,11H,3,5-7H2,1H3/t9-,11+,13-/m0/s1. The molecule has 1 aliphatic carbocycles. The second-order valence-electron chi connectivity index (χ2n) is 5.52. The van der Waals surface area contributed by atoms with E-state index >= 15 is 4.39 Å². The van der Waals surface area contributed by atoms with Crippen molar-refractivity contribution < 1.29 is 9.18 Å². The SMILES string of the molecule is Cc1ccc(C(=O)N2C[C@@H]3CC[C@@H](N=[N+]=[N-])[C@]3(F)C2)s1. The number of amides is 1. The number of halogens is 1.